The minimum atomic E-state index is -1.52. The van der Waals surface area contributed by atoms with Crippen LogP contribution in [0.4, 0.5) is 0 Å². The normalized spacial score (nSPS) is 13.2. The molecule has 0 aromatic heterocycles. The number of hydrogen-bond donors (Lipinski definition) is 4. The number of hydrazine groups is 1. The highest BCUT2D eigenvalue weighted by Gasteiger charge is 2.16. The molecule has 0 fully saturated rings. The summed E-state index contributed by atoms with van der Waals surface area (Å²) in [7, 11) is 0. The Morgan fingerprint density at radius 3 is 1.80 bits per heavy atom. The molecule has 0 aromatic carbocycles. The van der Waals surface area contributed by atoms with E-state index in [2.05, 4.69) is 4.94 Å². The first-order chi connectivity index (χ1) is 4.33. The molecule has 0 unspecified atom stereocenters. The molecule has 0 radical (unpaired) electrons. The van der Waals surface area contributed by atoms with Gasteiger partial charge in [0, 0.05) is 5.34 Å². The molecule has 10 heteroatoms. The maximum Gasteiger partial charge on any atom is 0.0588 e. The van der Waals surface area contributed by atoms with Gasteiger partial charge in [0.05, 0.1) is 4.97 Å². The summed E-state index contributed by atoms with van der Waals surface area (Å²) in [5, 5.41) is 7.69. The molecule has 9 N–H and O–H groups in total. The van der Waals surface area contributed by atoms with Crippen LogP contribution in [0.2, 0.25) is 0 Å². The minimum Gasteiger partial charge on any atom is -0.610 e. The van der Waals surface area contributed by atoms with E-state index >= 15 is 0 Å². The van der Waals surface area contributed by atoms with Gasteiger partial charge in [-0.15, -0.1) is 17.5 Å². The summed E-state index contributed by atoms with van der Waals surface area (Å²) in [6.45, 7) is 0. The van der Waals surface area contributed by atoms with Crippen LogP contribution >= 0.6 is 0 Å². The lowest BCUT2D eigenvalue weighted by Gasteiger charge is -2.36. The van der Waals surface area contributed by atoms with E-state index in [-0.39, 0.29) is 10.6 Å². The summed E-state index contributed by atoms with van der Waals surface area (Å²) >= 11 is 0. The van der Waals surface area contributed by atoms with E-state index < -0.39 is 4.97 Å². The fourth-order valence-electron chi connectivity index (χ4n) is 0.163. The molecule has 0 aliphatic rings. The molecule has 0 saturated carbocycles. The highest BCUT2D eigenvalue weighted by atomic mass is 17.1. The first-order valence-electron chi connectivity index (χ1n) is 1.99. The third-order valence-electron chi connectivity index (χ3n) is 0.386. The zero-order valence-corrected chi connectivity index (χ0v) is 4.93. The standard InChI is InChI=1S/H9N8O2/c1-6(2)7(9)10-8(3,4)5/h1-2,9H,3-5H2/q-1. The molecule has 62 valence electrons. The summed E-state index contributed by atoms with van der Waals surface area (Å²) in [4.78, 5) is 2.39. The van der Waals surface area contributed by atoms with Crippen LogP contribution in [-0.4, -0.2) is 20.7 Å². The van der Waals surface area contributed by atoms with E-state index in [1.165, 1.54) is 0 Å². The van der Waals surface area contributed by atoms with Crippen LogP contribution < -0.4 is 17.5 Å². The number of quaternary nitrogens is 1. The van der Waals surface area contributed by atoms with Gasteiger partial charge >= 0.3 is 0 Å². The van der Waals surface area contributed by atoms with Crippen molar-refractivity contribution < 1.29 is 15.1 Å². The summed E-state index contributed by atoms with van der Waals surface area (Å²) < 4.78 is 0. The number of nitrogens with two attached hydrogens (primary N) is 3. The second-order valence-electron chi connectivity index (χ2n) is 1.41. The van der Waals surface area contributed by atoms with E-state index in [1.54, 1.807) is 0 Å². The summed E-state index contributed by atoms with van der Waals surface area (Å²) in [5.74, 6) is 26.9. The molecular formula is H9N8O2-. The van der Waals surface area contributed by atoms with Gasteiger partial charge < -0.3 is 16.9 Å². The van der Waals surface area contributed by atoms with Crippen molar-refractivity contribution in [2.75, 3.05) is 0 Å². The molecule has 0 saturated heterocycles. The van der Waals surface area contributed by atoms with E-state index in [0.29, 0.717) is 0 Å². The average molecular weight is 153 g/mol. The Morgan fingerprint density at radius 2 is 1.70 bits per heavy atom. The zero-order chi connectivity index (χ0) is 8.36. The lowest BCUT2D eigenvalue weighted by molar-refractivity contribution is -1.17. The lowest BCUT2D eigenvalue weighted by atomic mass is 12.1. The van der Waals surface area contributed by atoms with Crippen molar-refractivity contribution in [3.05, 3.63) is 11.7 Å². The molecule has 10 nitrogen and oxygen atoms in total. The van der Waals surface area contributed by atoms with Crippen molar-refractivity contribution in [2.24, 2.45) is 17.5 Å². The van der Waals surface area contributed by atoms with Crippen molar-refractivity contribution in [3.63, 3.8) is 0 Å². The van der Waals surface area contributed by atoms with Gasteiger partial charge in [0.25, 0.3) is 0 Å². The Morgan fingerprint density at radius 1 is 1.30 bits per heavy atom. The van der Waals surface area contributed by atoms with Gasteiger partial charge in [-0.05, 0) is 4.94 Å². The van der Waals surface area contributed by atoms with Crippen LogP contribution in [0, 0.1) is 0 Å². The Balaban J connectivity index is 3.68. The minimum absolute atomic E-state index is 0.320. The molecule has 0 bridgehead atoms. The fraction of sp³-hybridized carbons (Fsp3) is 0. The van der Waals surface area contributed by atoms with E-state index in [1.807, 2.05) is 0 Å². The summed E-state index contributed by atoms with van der Waals surface area (Å²) in [6.07, 6.45) is 0. The predicted molar refractivity (Wildman–Crippen MR) is 28.0 cm³/mol. The van der Waals surface area contributed by atoms with E-state index in [4.69, 9.17) is 34.4 Å². The van der Waals surface area contributed by atoms with Crippen molar-refractivity contribution in [1.29, 1.82) is 0 Å². The van der Waals surface area contributed by atoms with Crippen LogP contribution in [0.5, 0.6) is 0 Å². The number of nitrogens with zero attached hydrogens (tertiary/aromatic N) is 3. The largest absolute Gasteiger partial charge is 0.610 e. The van der Waals surface area contributed by atoms with Crippen molar-refractivity contribution in [2.45, 2.75) is 0 Å². The van der Waals surface area contributed by atoms with Gasteiger partial charge in [-0.1, -0.05) is 0 Å². The third-order valence-corrected chi connectivity index (χ3v) is 0.386. The van der Waals surface area contributed by atoms with Gasteiger partial charge in [0.1, 0.15) is 0 Å². The summed E-state index contributed by atoms with van der Waals surface area (Å²) in [5.41, 5.74) is 0. The molecular weight excluding hydrogens is 144 g/mol. The smallest absolute Gasteiger partial charge is 0.0588 e. The van der Waals surface area contributed by atoms with E-state index in [9.17, 15) is 0 Å². The van der Waals surface area contributed by atoms with Crippen molar-refractivity contribution in [1.82, 2.24) is 10.6 Å². The average Bonchev–Trinajstić information content (AvgIpc) is 1.60. The van der Waals surface area contributed by atoms with Crippen LogP contribution in [0.3, 0.4) is 0 Å². The number of nitrogens with one attached hydrogen (secondary N) is 2. The van der Waals surface area contributed by atoms with Gasteiger partial charge in [-0.2, -0.15) is 0 Å². The molecule has 0 rings (SSSR count). The zero-order valence-electron chi connectivity index (χ0n) is 4.93. The van der Waals surface area contributed by atoms with Crippen molar-refractivity contribution >= 4 is 0 Å². The van der Waals surface area contributed by atoms with Crippen LogP contribution in [0.25, 0.3) is 11.7 Å². The maximum atomic E-state index is 8.37. The fourth-order valence-corrected chi connectivity index (χ4v) is 0.163. The number of rotatable bonds is 3. The highest BCUT2D eigenvalue weighted by molar-refractivity contribution is 4.36. The quantitative estimate of drug-likeness (QED) is 0.209. The Kier molecular flexibility index (Phi) is 3.00. The Hall–Kier alpha value is -0.400. The van der Waals surface area contributed by atoms with Crippen LogP contribution in [-0.2, 0) is 4.94 Å². The first-order valence-corrected chi connectivity index (χ1v) is 1.99. The SMILES string of the molecule is [NH-]N([NH-])N(O)O[N+](N)(N)N. The first kappa shape index (κ1) is 9.60. The predicted octanol–water partition coefficient (Wildman–Crippen LogP) is -1.89. The van der Waals surface area contributed by atoms with E-state index in [0.717, 1.165) is 0 Å². The number of hydrogen-bond acceptors (Lipinski definition) is 7. The van der Waals surface area contributed by atoms with Crippen molar-refractivity contribution in [3.8, 4) is 0 Å². The highest BCUT2D eigenvalue weighted by Crippen LogP contribution is 1.94. The molecule has 0 heterocycles. The lowest BCUT2D eigenvalue weighted by Crippen LogP contribution is -2.68. The third kappa shape index (κ3) is 4.48. The topological polar surface area (TPSA) is 162 Å². The second-order valence-corrected chi connectivity index (χ2v) is 1.41. The van der Waals surface area contributed by atoms with Gasteiger partial charge in [0.15, 0.2) is 0 Å². The van der Waals surface area contributed by atoms with Crippen LogP contribution in [0.15, 0.2) is 0 Å². The molecule has 0 atom stereocenters. The molecule has 0 aliphatic carbocycles. The monoisotopic (exact) mass is 153 g/mol. The Labute approximate surface area is 56.2 Å². The molecule has 0 amide bonds. The maximum absolute atomic E-state index is 8.37. The molecule has 10 heavy (non-hydrogen) atoms. The molecule has 0 aliphatic heterocycles. The van der Waals surface area contributed by atoms with Crippen LogP contribution in [0.1, 0.15) is 0 Å². The van der Waals surface area contributed by atoms with Gasteiger partial charge in [-0.25, -0.2) is 0 Å². The van der Waals surface area contributed by atoms with Gasteiger partial charge in [-0.3, -0.25) is 5.21 Å². The Bertz CT molecular complexity index is 91.9. The summed E-state index contributed by atoms with van der Waals surface area (Å²) in [6, 6.07) is 0. The van der Waals surface area contributed by atoms with Gasteiger partial charge in [0.2, 0.25) is 0 Å². The second kappa shape index (κ2) is 3.13. The molecule has 0 aromatic rings. The molecule has 0 spiro atoms.